The molecule has 2 unspecified atom stereocenters. The minimum atomic E-state index is -1.08. The number of aliphatic hydroxyl groups excluding tert-OH is 2. The number of rotatable bonds is 11. The number of amidine groups is 2. The number of aliphatic imine (C=N–C) groups is 2. The molecule has 17 nitrogen and oxygen atoms in total. The summed E-state index contributed by atoms with van der Waals surface area (Å²) in [7, 11) is 0. The van der Waals surface area contributed by atoms with Crippen LogP contribution in [0.25, 0.3) is 0 Å². The molecule has 4 rings (SSSR count). The number of amides is 1. The monoisotopic (exact) mass is 868 g/mol. The first-order valence-corrected chi connectivity index (χ1v) is 18.0. The van der Waals surface area contributed by atoms with Gasteiger partial charge < -0.3 is 56.7 Å². The van der Waals surface area contributed by atoms with Crippen LogP contribution in [-0.4, -0.2) is 131 Å². The van der Waals surface area contributed by atoms with Crippen molar-refractivity contribution in [3.63, 3.8) is 0 Å². The maximum absolute atomic E-state index is 12.1. The maximum atomic E-state index is 12.1. The average Bonchev–Trinajstić information content (AvgIpc) is 3.10. The van der Waals surface area contributed by atoms with Crippen LogP contribution in [0.4, 0.5) is 0 Å². The number of hydrogen-bond donors (Lipinski definition) is 9. The zero-order valence-corrected chi connectivity index (χ0v) is 32.1. The molecule has 292 valence electrons. The van der Waals surface area contributed by atoms with Gasteiger partial charge in [-0.15, -0.1) is 12.4 Å². The van der Waals surface area contributed by atoms with E-state index in [1.54, 1.807) is 19.9 Å². The van der Waals surface area contributed by atoms with Gasteiger partial charge in [-0.25, -0.2) is 4.79 Å². The van der Waals surface area contributed by atoms with E-state index in [1.165, 1.54) is 30.3 Å². The number of phenolic OH excluding ortho intramolecular Hbond substituents is 2. The van der Waals surface area contributed by atoms with Gasteiger partial charge in [0.25, 0.3) is 5.91 Å². The van der Waals surface area contributed by atoms with Crippen LogP contribution in [0.2, 0.25) is 0 Å². The second-order valence-corrected chi connectivity index (χ2v) is 10.6. The van der Waals surface area contributed by atoms with Crippen molar-refractivity contribution in [1.29, 1.82) is 0.594 Å². The van der Waals surface area contributed by atoms with E-state index in [2.05, 4.69) is 30.7 Å². The molecular formula is C33H49ClIN6O11-. The number of aliphatic hydroxyl groups is 2. The SMILES string of the molecule is CCOC(=O)CN.CCOC(=O)CNC(=O)c1cc(O)cc(CC2=NCC(O)CN2)c1.Cl.O=C(O)c1cc(O)cc(CC2=NCC(O)CN2)c1.[2H][I-]C. The van der Waals surface area contributed by atoms with Gasteiger partial charge in [0.15, 0.2) is 0 Å². The number of alkyl halides is 1. The summed E-state index contributed by atoms with van der Waals surface area (Å²) in [6, 6.07) is 8.68. The Kier molecular flexibility index (Phi) is 23.4. The van der Waals surface area contributed by atoms with Crippen LogP contribution in [0, 0.1) is 0 Å². The fourth-order valence-electron chi connectivity index (χ4n) is 4.26. The zero-order valence-electron chi connectivity index (χ0n) is 30.1. The van der Waals surface area contributed by atoms with Crippen molar-refractivity contribution in [3.8, 4) is 11.5 Å². The number of esters is 2. The molecule has 10 N–H and O–H groups in total. The zero-order chi connectivity index (χ0) is 39.1. The van der Waals surface area contributed by atoms with Gasteiger partial charge in [-0.3, -0.25) is 24.4 Å². The van der Waals surface area contributed by atoms with Crippen LogP contribution in [0.1, 0.15) is 45.7 Å². The Morgan fingerprint density at radius 2 is 1.31 bits per heavy atom. The molecule has 2 aliphatic rings. The third-order valence-corrected chi connectivity index (χ3v) is 6.45. The number of β-amino-alcohol motifs (C(OH)–C–C–N with tert-alkyl or cyclic N) is 2. The number of phenols is 2. The average molecular weight is 869 g/mol. The molecule has 2 heterocycles. The number of carbonyl (C=O) groups is 4. The number of carboxylic acids is 1. The van der Waals surface area contributed by atoms with E-state index < -0.39 is 30.1 Å². The minimum absolute atomic E-state index is 0. The summed E-state index contributed by atoms with van der Waals surface area (Å²) >= 11 is -0.160. The number of nitrogens with two attached hydrogens (primary N) is 1. The van der Waals surface area contributed by atoms with Gasteiger partial charge in [-0.05, 0) is 61.4 Å². The number of nitrogens with one attached hydrogen (secondary N) is 3. The molecule has 2 aliphatic heterocycles. The number of aromatic carboxylic acids is 1. The Balaban J connectivity index is 0.000000819. The molecule has 0 bridgehead atoms. The van der Waals surface area contributed by atoms with Crippen molar-refractivity contribution in [2.75, 3.05) is 57.4 Å². The van der Waals surface area contributed by atoms with Crippen LogP contribution in [0.3, 0.4) is 0 Å². The predicted octanol–water partition coefficient (Wildman–Crippen LogP) is -3.58. The van der Waals surface area contributed by atoms with Gasteiger partial charge in [-0.1, -0.05) is 0 Å². The van der Waals surface area contributed by atoms with Crippen molar-refractivity contribution < 1.29 is 76.6 Å². The van der Waals surface area contributed by atoms with Gasteiger partial charge in [0.1, 0.15) is 29.7 Å². The summed E-state index contributed by atoms with van der Waals surface area (Å²) in [5, 5.41) is 55.2. The number of carbonyl (C=O) groups excluding carboxylic acids is 3. The number of hydrogen-bond acceptors (Lipinski definition) is 15. The number of halogens is 2. The molecule has 0 saturated heterocycles. The van der Waals surface area contributed by atoms with Crippen molar-refractivity contribution in [2.45, 2.75) is 38.9 Å². The molecule has 0 aromatic heterocycles. The predicted molar refractivity (Wildman–Crippen MR) is 192 cm³/mol. The summed E-state index contributed by atoms with van der Waals surface area (Å²) in [4.78, 5) is 54.5. The van der Waals surface area contributed by atoms with E-state index in [0.29, 0.717) is 68.4 Å². The summed E-state index contributed by atoms with van der Waals surface area (Å²) < 4.78 is 15.5. The first-order valence-electron chi connectivity index (χ1n) is 16.2. The van der Waals surface area contributed by atoms with Crippen LogP contribution in [0.5, 0.6) is 11.5 Å². The number of nitrogens with zero attached hydrogens (tertiary/aromatic N) is 2. The number of benzene rings is 2. The Hall–Kier alpha value is -4.24. The van der Waals surface area contributed by atoms with E-state index in [4.69, 9.17) is 16.2 Å². The fraction of sp³-hybridized carbons (Fsp3) is 0.455. The van der Waals surface area contributed by atoms with Crippen LogP contribution < -0.4 is 44.1 Å². The molecule has 0 saturated carbocycles. The second kappa shape index (κ2) is 26.5. The number of aromatic hydroxyl groups is 2. The first-order chi connectivity index (χ1) is 24.7. The van der Waals surface area contributed by atoms with Crippen LogP contribution in [0.15, 0.2) is 46.4 Å². The molecule has 2 aromatic carbocycles. The van der Waals surface area contributed by atoms with Gasteiger partial charge in [-0.2, -0.15) is 0 Å². The standard InChI is InChI=1S/C16H21N3O5.C12H14N2O4.C4H9NO2.CH4I.ClH/c1-2-24-15(22)9-19-16(23)11-3-10(4-12(20)6-11)5-14-17-7-13(21)8-18-14;15-9-2-7(1-8(4-9)12(17)18)3-11-13-5-10(16)6-14-11;1-2-7-4(6)3-5;1-2;/h3-4,6,13,20-21H,2,5,7-9H2,1H3,(H,17,18)(H,19,23);1-2,4,10,15-16H,3,5-6H2,(H,13,14)(H,17,18);2-3,5H2,1H3;2H,1H3;1H/q;;;-1;/i;;;2D;. The molecule has 0 fully saturated rings. The van der Waals surface area contributed by atoms with Crippen molar-refractivity contribution in [2.24, 2.45) is 15.7 Å². The van der Waals surface area contributed by atoms with Gasteiger partial charge >= 0.3 is 45.8 Å². The van der Waals surface area contributed by atoms with E-state index in [9.17, 15) is 39.6 Å². The first kappa shape index (κ1) is 45.8. The fourth-order valence-corrected chi connectivity index (χ4v) is 4.26. The summed E-state index contributed by atoms with van der Waals surface area (Å²) in [6.07, 6.45) is -0.171. The second-order valence-electron chi connectivity index (χ2n) is 10.6. The topological polar surface area (TPSA) is 275 Å². The van der Waals surface area contributed by atoms with Crippen molar-refractivity contribution in [1.82, 2.24) is 16.0 Å². The molecule has 0 spiro atoms. The van der Waals surface area contributed by atoms with E-state index >= 15 is 0 Å². The Bertz CT molecular complexity index is 1540. The number of carboxylic acid groups (broad SMARTS) is 1. The molecule has 0 radical (unpaired) electrons. The Morgan fingerprint density at radius 3 is 1.69 bits per heavy atom. The quantitative estimate of drug-likeness (QED) is 0.0601. The van der Waals surface area contributed by atoms with E-state index in [1.807, 2.05) is 4.93 Å². The normalized spacial score (nSPS) is 15.8. The summed E-state index contributed by atoms with van der Waals surface area (Å²) in [5.74, 6) is -1.19. The molecule has 2 aromatic rings. The summed E-state index contributed by atoms with van der Waals surface area (Å²) in [6.45, 7) is 5.35. The Morgan fingerprint density at radius 1 is 0.865 bits per heavy atom. The van der Waals surface area contributed by atoms with Crippen LogP contribution in [-0.2, 0) is 31.9 Å². The third-order valence-electron chi connectivity index (χ3n) is 6.45. The van der Waals surface area contributed by atoms with Crippen molar-refractivity contribution >= 4 is 47.9 Å². The molecule has 1 amide bonds. The Labute approximate surface area is 322 Å². The third kappa shape index (κ3) is 19.4. The van der Waals surface area contributed by atoms with Gasteiger partial charge in [0.2, 0.25) is 0 Å². The van der Waals surface area contributed by atoms with E-state index in [0.717, 1.165) is 0 Å². The molecule has 52 heavy (non-hydrogen) atoms. The molecule has 19 heteroatoms. The molecular weight excluding hydrogens is 819 g/mol. The van der Waals surface area contributed by atoms with Crippen LogP contribution >= 0.6 is 12.4 Å². The summed E-state index contributed by atoms with van der Waals surface area (Å²) in [5.41, 5.74) is 6.52. The van der Waals surface area contributed by atoms with Gasteiger partial charge in [0, 0.05) is 31.5 Å². The van der Waals surface area contributed by atoms with Gasteiger partial charge in [0.05, 0.1) is 50.6 Å². The molecule has 0 aliphatic carbocycles. The van der Waals surface area contributed by atoms with Crippen molar-refractivity contribution in [3.05, 3.63) is 58.7 Å². The molecule has 2 atom stereocenters. The van der Waals surface area contributed by atoms with E-state index in [-0.39, 0.29) is 83.1 Å². The number of ether oxygens (including phenoxy) is 2.